The number of carbonyl (C=O) groups excluding carboxylic acids is 3. The highest BCUT2D eigenvalue weighted by Crippen LogP contribution is 2.56. The van der Waals surface area contributed by atoms with E-state index < -0.39 is 0 Å². The molecule has 0 radical (unpaired) electrons. The van der Waals surface area contributed by atoms with Crippen LogP contribution in [0.2, 0.25) is 0 Å². The maximum Gasteiger partial charge on any atom is 0.242 e. The minimum atomic E-state index is -0.128. The number of hydrogen-bond acceptors (Lipinski definition) is 10. The number of hydrogen-bond donors (Lipinski definition) is 4. The average Bonchev–Trinajstić information content (AvgIpc) is 4.16. The first-order chi connectivity index (χ1) is 31.2. The summed E-state index contributed by atoms with van der Waals surface area (Å²) in [6.07, 6.45) is 17.8. The monoisotopic (exact) mass is 885 g/mol. The van der Waals surface area contributed by atoms with E-state index in [0.717, 1.165) is 85.5 Å². The zero-order valence-corrected chi connectivity index (χ0v) is 40.0. The Morgan fingerprint density at radius 3 is 1.86 bits per heavy atom. The lowest BCUT2D eigenvalue weighted by molar-refractivity contribution is -0.135. The SMILES string of the molecule is C=COC.CCC.CCC.CN1CCCC[C@H]1c1ncc(-c2ccc(-c3ccc(-c4cnc([C@@H]5CCCCN5C(=O)CNC=O)[nH]4)c4c3C3CCC4O3)cc2)[nH]1.CNCC=O.COC. The Morgan fingerprint density at radius 2 is 1.31 bits per heavy atom. The second-order valence-electron chi connectivity index (χ2n) is 16.2. The molecule has 14 heteroatoms. The molecular formula is C50H76N8O6. The third-order valence-electron chi connectivity index (χ3n) is 11.0. The van der Waals surface area contributed by atoms with Gasteiger partial charge >= 0.3 is 0 Å². The van der Waals surface area contributed by atoms with Gasteiger partial charge in [-0.1, -0.05) is 89.9 Å². The van der Waals surface area contributed by atoms with Crippen molar-refractivity contribution in [3.8, 4) is 33.6 Å². The van der Waals surface area contributed by atoms with Gasteiger partial charge in [0.2, 0.25) is 12.3 Å². The van der Waals surface area contributed by atoms with Gasteiger partial charge in [0.1, 0.15) is 17.9 Å². The molecule has 4 aliphatic rings. The van der Waals surface area contributed by atoms with E-state index >= 15 is 0 Å². The van der Waals surface area contributed by atoms with Crippen molar-refractivity contribution in [1.82, 2.24) is 40.4 Å². The van der Waals surface area contributed by atoms with E-state index in [0.29, 0.717) is 25.5 Å². The van der Waals surface area contributed by atoms with E-state index in [1.54, 1.807) is 28.4 Å². The number of nitrogens with one attached hydrogen (secondary N) is 4. The molecule has 4 aromatic rings. The Hall–Kier alpha value is -5.15. The van der Waals surface area contributed by atoms with E-state index in [-0.39, 0.29) is 30.7 Å². The van der Waals surface area contributed by atoms with Gasteiger partial charge in [0.25, 0.3) is 0 Å². The molecule has 4 atom stereocenters. The first-order valence-electron chi connectivity index (χ1n) is 23.0. The number of H-pyrrole nitrogens is 2. The van der Waals surface area contributed by atoms with Crippen LogP contribution in [0.25, 0.3) is 33.6 Å². The molecule has 6 heterocycles. The highest BCUT2D eigenvalue weighted by Gasteiger charge is 2.42. The molecule has 2 bridgehead atoms. The normalized spacial score (nSPS) is 19.2. The molecule has 4 N–H and O–H groups in total. The van der Waals surface area contributed by atoms with Crippen LogP contribution in [0.3, 0.4) is 0 Å². The van der Waals surface area contributed by atoms with Gasteiger partial charge in [-0.05, 0) is 93.4 Å². The van der Waals surface area contributed by atoms with E-state index in [1.165, 1.54) is 54.2 Å². The van der Waals surface area contributed by atoms with Crippen LogP contribution in [-0.2, 0) is 28.6 Å². The van der Waals surface area contributed by atoms with Gasteiger partial charge in [-0.15, -0.1) is 0 Å². The van der Waals surface area contributed by atoms with E-state index in [1.807, 2.05) is 17.3 Å². The van der Waals surface area contributed by atoms with Crippen molar-refractivity contribution in [1.29, 1.82) is 0 Å². The number of aromatic nitrogens is 4. The highest BCUT2D eigenvalue weighted by molar-refractivity contribution is 5.81. The molecule has 3 saturated heterocycles. The fourth-order valence-corrected chi connectivity index (χ4v) is 8.25. The number of piperidine rings is 2. The number of methoxy groups -OCH3 is 2. The molecule has 14 nitrogen and oxygen atoms in total. The summed E-state index contributed by atoms with van der Waals surface area (Å²) in [5.74, 6) is 1.77. The first kappa shape index (κ1) is 53.2. The minimum Gasteiger partial charge on any atom is -0.505 e. The van der Waals surface area contributed by atoms with Crippen LogP contribution in [0.1, 0.15) is 139 Å². The highest BCUT2D eigenvalue weighted by atomic mass is 16.5. The largest absolute Gasteiger partial charge is 0.505 e. The molecule has 0 saturated carbocycles. The molecule has 2 unspecified atom stereocenters. The predicted molar refractivity (Wildman–Crippen MR) is 256 cm³/mol. The van der Waals surface area contributed by atoms with Crippen molar-refractivity contribution < 1.29 is 28.6 Å². The lowest BCUT2D eigenvalue weighted by Gasteiger charge is -2.34. The van der Waals surface area contributed by atoms with Crippen molar-refractivity contribution in [2.24, 2.45) is 0 Å². The zero-order valence-electron chi connectivity index (χ0n) is 40.0. The molecule has 2 aromatic carbocycles. The fourth-order valence-electron chi connectivity index (χ4n) is 8.25. The number of aromatic amines is 2. The molecule has 64 heavy (non-hydrogen) atoms. The van der Waals surface area contributed by atoms with Crippen LogP contribution in [0.15, 0.2) is 61.6 Å². The number of ether oxygens (including phenoxy) is 3. The molecule has 4 aliphatic heterocycles. The van der Waals surface area contributed by atoms with Gasteiger partial charge in [-0.3, -0.25) is 14.5 Å². The topological polar surface area (TPSA) is 167 Å². The molecule has 0 aliphatic carbocycles. The zero-order chi connectivity index (χ0) is 46.9. The number of fused-ring (bicyclic) bond motifs is 5. The van der Waals surface area contributed by atoms with Gasteiger partial charge in [-0.25, -0.2) is 9.97 Å². The van der Waals surface area contributed by atoms with E-state index in [2.05, 4.69) is 113 Å². The lowest BCUT2D eigenvalue weighted by Crippen LogP contribution is -2.43. The summed E-state index contributed by atoms with van der Waals surface area (Å²) in [5, 5.41) is 5.16. The van der Waals surface area contributed by atoms with Gasteiger partial charge in [0, 0.05) is 26.3 Å². The molecular weight excluding hydrogens is 809 g/mol. The third kappa shape index (κ3) is 14.7. The first-order valence-corrected chi connectivity index (χ1v) is 23.0. The summed E-state index contributed by atoms with van der Waals surface area (Å²) in [6.45, 7) is 14.0. The summed E-state index contributed by atoms with van der Waals surface area (Å²) < 4.78 is 15.1. The van der Waals surface area contributed by atoms with Gasteiger partial charge in [0.15, 0.2) is 0 Å². The number of likely N-dealkylation sites (tertiary alicyclic amines) is 2. The number of aldehydes is 1. The van der Waals surface area contributed by atoms with E-state index in [9.17, 15) is 14.4 Å². The van der Waals surface area contributed by atoms with Crippen LogP contribution in [0, 0.1) is 0 Å². The van der Waals surface area contributed by atoms with Gasteiger partial charge in [0.05, 0.1) is 74.5 Å². The van der Waals surface area contributed by atoms with Crippen LogP contribution in [0.4, 0.5) is 0 Å². The summed E-state index contributed by atoms with van der Waals surface area (Å²) in [4.78, 5) is 53.9. The fraction of sp³-hybridized carbons (Fsp3) is 0.540. The molecule has 352 valence electrons. The summed E-state index contributed by atoms with van der Waals surface area (Å²) in [6, 6.07) is 13.5. The minimum absolute atomic E-state index is 0.00487. The number of likely N-dealkylation sites (N-methyl/N-ethyl adjacent to an activating group) is 1. The Morgan fingerprint density at radius 1 is 0.797 bits per heavy atom. The number of rotatable bonds is 11. The summed E-state index contributed by atoms with van der Waals surface area (Å²) in [5.41, 5.74) is 9.21. The second-order valence-corrected chi connectivity index (χ2v) is 16.2. The average molecular weight is 885 g/mol. The number of carbonyl (C=O) groups is 3. The van der Waals surface area contributed by atoms with Crippen LogP contribution in [0.5, 0.6) is 0 Å². The number of amides is 2. The molecule has 2 aromatic heterocycles. The van der Waals surface area contributed by atoms with E-state index in [4.69, 9.17) is 14.7 Å². The van der Waals surface area contributed by atoms with Crippen LogP contribution >= 0.6 is 0 Å². The lowest BCUT2D eigenvalue weighted by atomic mass is 9.82. The molecule has 8 rings (SSSR count). The van der Waals surface area contributed by atoms with Crippen molar-refractivity contribution in [2.75, 3.05) is 61.6 Å². The van der Waals surface area contributed by atoms with Crippen molar-refractivity contribution in [3.63, 3.8) is 0 Å². The van der Waals surface area contributed by atoms with Crippen molar-refractivity contribution in [3.05, 3.63) is 84.4 Å². The van der Waals surface area contributed by atoms with Gasteiger partial charge in [-0.2, -0.15) is 0 Å². The smallest absolute Gasteiger partial charge is 0.242 e. The molecule has 3 fully saturated rings. The van der Waals surface area contributed by atoms with Gasteiger partial charge < -0.3 is 44.5 Å². The van der Waals surface area contributed by atoms with Crippen LogP contribution in [-0.4, -0.2) is 110 Å². The predicted octanol–water partition coefficient (Wildman–Crippen LogP) is 9.27. The summed E-state index contributed by atoms with van der Waals surface area (Å²) >= 11 is 0. The Labute approximate surface area is 382 Å². The molecule has 2 amide bonds. The number of imidazole rings is 2. The second kappa shape index (κ2) is 29.3. The maximum absolute atomic E-state index is 12.8. The quantitative estimate of drug-likeness (QED) is 0.0842. The Bertz CT molecular complexity index is 1960. The third-order valence-corrected chi connectivity index (χ3v) is 11.0. The standard InChI is InChI=1S/C36H41N7O3.C3H7NO.C3H6O.2C3H8.C2H6O/c1-42-16-4-2-6-28(42)35-38-18-26(40-35)23-10-8-22(9-11-23)24-12-13-25(34-31-15-14-30(46-31)33(24)34)27-19-39-36(41-27)29-7-3-5-17-43(29)32(45)20-37-21-44;1-4-2-3-5;1-3-4-2;3*1-3-2/h8-13,18-19,21,28-31H,2-7,14-17,20H2,1H3,(H,37,44)(H,38,40)(H,39,41);3-4H,2H2,1H3;3H,1H2,2H3;2*3H2,1-2H3;1-2H3/t28-,29-,30?,31?;;;;;/m0...../s1. The van der Waals surface area contributed by atoms with Crippen molar-refractivity contribution in [2.45, 2.75) is 116 Å². The Kier molecular flexibility index (Phi) is 24.4. The molecule has 0 spiro atoms. The number of nitrogens with zero attached hydrogens (tertiary/aromatic N) is 4. The van der Waals surface area contributed by atoms with Crippen LogP contribution < -0.4 is 10.6 Å². The van der Waals surface area contributed by atoms with Crippen molar-refractivity contribution >= 4 is 18.6 Å². The number of benzene rings is 2. The summed E-state index contributed by atoms with van der Waals surface area (Å²) in [7, 11) is 8.73. The Balaban J connectivity index is 0.000000521. The maximum atomic E-state index is 12.8.